The number of fused-ring (bicyclic) bond motifs is 2. The summed E-state index contributed by atoms with van der Waals surface area (Å²) < 4.78 is 18.6. The van der Waals surface area contributed by atoms with Gasteiger partial charge in [-0.05, 0) is 84.0 Å². The normalized spacial score (nSPS) is 18.0. The van der Waals surface area contributed by atoms with Crippen LogP contribution in [0.15, 0.2) is 88.8 Å². The molecular weight excluding hydrogens is 683 g/mol. The summed E-state index contributed by atoms with van der Waals surface area (Å²) in [5.74, 6) is 1.03. The van der Waals surface area contributed by atoms with Crippen molar-refractivity contribution in [3.05, 3.63) is 107 Å². The van der Waals surface area contributed by atoms with Gasteiger partial charge in [-0.15, -0.1) is 10.2 Å². The highest BCUT2D eigenvalue weighted by molar-refractivity contribution is 8.00. The standard InChI is InChI=1S/C40H39N3O6S2/c1-5-47-33-21-26(13-16-32(33)48-18-17-23(2)3)35-34(36(44)27-14-15-31-29(20-27)19-24(4)49-31)37(45)38(46)43(35)39-41-42-40(51-39)50-22-28-11-8-10-25-9-6-7-12-30(25)28/h6-16,20-21,23-24,35,44H,5,17-19,22H2,1-4H3/b36-34+. The number of aromatic nitrogens is 2. The fraction of sp³-hybridized carbons (Fsp3) is 0.300. The first kappa shape index (κ1) is 34.6. The van der Waals surface area contributed by atoms with Crippen molar-refractivity contribution >= 4 is 56.5 Å². The van der Waals surface area contributed by atoms with E-state index in [0.717, 1.165) is 34.1 Å². The Kier molecular flexibility index (Phi) is 10.0. The first-order chi connectivity index (χ1) is 24.7. The van der Waals surface area contributed by atoms with Gasteiger partial charge in [0.25, 0.3) is 5.78 Å². The average molecular weight is 722 g/mol. The zero-order chi connectivity index (χ0) is 35.6. The molecule has 7 rings (SSSR count). The van der Waals surface area contributed by atoms with Gasteiger partial charge in [0.15, 0.2) is 15.8 Å². The molecule has 1 fully saturated rings. The molecule has 0 saturated carbocycles. The summed E-state index contributed by atoms with van der Waals surface area (Å²) in [6, 6.07) is 24.1. The monoisotopic (exact) mass is 721 g/mol. The van der Waals surface area contributed by atoms with E-state index in [4.69, 9.17) is 14.2 Å². The highest BCUT2D eigenvalue weighted by atomic mass is 32.2. The number of Topliss-reactive ketones (excluding diaryl/α,β-unsaturated/α-hetero) is 1. The van der Waals surface area contributed by atoms with E-state index in [1.54, 1.807) is 30.3 Å². The zero-order valence-corrected chi connectivity index (χ0v) is 30.6. The molecule has 1 aromatic heterocycles. The minimum absolute atomic E-state index is 0.00585. The van der Waals surface area contributed by atoms with Crippen LogP contribution in [0.3, 0.4) is 0 Å². The minimum atomic E-state index is -0.999. The van der Waals surface area contributed by atoms with Crippen LogP contribution in [0, 0.1) is 5.92 Å². The quantitative estimate of drug-likeness (QED) is 0.0445. The highest BCUT2D eigenvalue weighted by Crippen LogP contribution is 2.46. The number of nitrogens with zero attached hydrogens (tertiary/aromatic N) is 3. The first-order valence-corrected chi connectivity index (χ1v) is 19.0. The largest absolute Gasteiger partial charge is 0.507 e. The Balaban J connectivity index is 1.27. The van der Waals surface area contributed by atoms with E-state index in [-0.39, 0.29) is 22.6 Å². The van der Waals surface area contributed by atoms with Gasteiger partial charge in [0.1, 0.15) is 17.6 Å². The van der Waals surface area contributed by atoms with Gasteiger partial charge in [-0.2, -0.15) is 0 Å². The number of aliphatic hydroxyl groups is 1. The summed E-state index contributed by atoms with van der Waals surface area (Å²) in [5.41, 5.74) is 3.04. The second-order valence-corrected chi connectivity index (χ2v) is 15.3. The summed E-state index contributed by atoms with van der Waals surface area (Å²) in [5, 5.41) is 23.3. The first-order valence-electron chi connectivity index (χ1n) is 17.1. The van der Waals surface area contributed by atoms with Crippen molar-refractivity contribution in [2.45, 2.75) is 62.8 Å². The van der Waals surface area contributed by atoms with Gasteiger partial charge in [-0.1, -0.05) is 85.5 Å². The van der Waals surface area contributed by atoms with Crippen LogP contribution < -0.4 is 19.1 Å². The van der Waals surface area contributed by atoms with Gasteiger partial charge in [0.05, 0.1) is 24.8 Å². The molecule has 0 bridgehead atoms. The van der Waals surface area contributed by atoms with Crippen molar-refractivity contribution in [3.63, 3.8) is 0 Å². The number of rotatable bonds is 12. The summed E-state index contributed by atoms with van der Waals surface area (Å²) in [4.78, 5) is 29.3. The fourth-order valence-electron chi connectivity index (χ4n) is 6.47. The molecule has 4 aromatic carbocycles. The predicted octanol–water partition coefficient (Wildman–Crippen LogP) is 8.76. The Bertz CT molecular complexity index is 2140. The molecular formula is C40H39N3O6S2. The third-order valence-corrected chi connectivity index (χ3v) is 11.1. The number of aliphatic hydroxyl groups excluding tert-OH is 1. The van der Waals surface area contributed by atoms with Crippen molar-refractivity contribution in [1.29, 1.82) is 0 Å². The van der Waals surface area contributed by atoms with E-state index in [0.29, 0.717) is 58.3 Å². The molecule has 51 heavy (non-hydrogen) atoms. The smallest absolute Gasteiger partial charge is 0.301 e. The minimum Gasteiger partial charge on any atom is -0.507 e. The Morgan fingerprint density at radius 3 is 2.67 bits per heavy atom. The Labute approximate surface area is 305 Å². The lowest BCUT2D eigenvalue weighted by atomic mass is 9.94. The molecule has 11 heteroatoms. The lowest BCUT2D eigenvalue weighted by molar-refractivity contribution is -0.132. The Morgan fingerprint density at radius 1 is 1.02 bits per heavy atom. The van der Waals surface area contributed by atoms with Gasteiger partial charge in [-0.3, -0.25) is 14.5 Å². The van der Waals surface area contributed by atoms with Crippen LogP contribution in [0.2, 0.25) is 0 Å². The van der Waals surface area contributed by atoms with E-state index in [9.17, 15) is 14.7 Å². The maximum Gasteiger partial charge on any atom is 0.301 e. The van der Waals surface area contributed by atoms with Gasteiger partial charge in [0.2, 0.25) is 5.13 Å². The van der Waals surface area contributed by atoms with Crippen molar-refractivity contribution in [1.82, 2.24) is 10.2 Å². The molecule has 5 aromatic rings. The Morgan fingerprint density at radius 2 is 1.84 bits per heavy atom. The van der Waals surface area contributed by atoms with Crippen molar-refractivity contribution in [2.24, 2.45) is 5.92 Å². The van der Waals surface area contributed by atoms with E-state index in [2.05, 4.69) is 48.3 Å². The summed E-state index contributed by atoms with van der Waals surface area (Å²) in [7, 11) is 0. The van der Waals surface area contributed by atoms with E-state index >= 15 is 0 Å². The lowest BCUT2D eigenvalue weighted by Crippen LogP contribution is -2.29. The molecule has 1 amide bonds. The third kappa shape index (κ3) is 7.05. The molecule has 9 nitrogen and oxygen atoms in total. The van der Waals surface area contributed by atoms with Crippen LogP contribution in [-0.4, -0.2) is 46.3 Å². The molecule has 2 aliphatic rings. The number of ether oxygens (including phenoxy) is 3. The zero-order valence-electron chi connectivity index (χ0n) is 28.9. The number of carbonyl (C=O) groups is 2. The average Bonchev–Trinajstić information content (AvgIpc) is 3.82. The van der Waals surface area contributed by atoms with Crippen LogP contribution in [0.4, 0.5) is 5.13 Å². The van der Waals surface area contributed by atoms with Crippen LogP contribution in [0.5, 0.6) is 17.2 Å². The maximum absolute atomic E-state index is 14.0. The van der Waals surface area contributed by atoms with Crippen molar-refractivity contribution in [2.75, 3.05) is 18.1 Å². The molecule has 1 saturated heterocycles. The van der Waals surface area contributed by atoms with E-state index < -0.39 is 17.7 Å². The topological polar surface area (TPSA) is 111 Å². The molecule has 2 atom stereocenters. The second kappa shape index (κ2) is 14.8. The molecule has 1 N–H and O–H groups in total. The number of hydrogen-bond acceptors (Lipinski definition) is 10. The molecule has 2 unspecified atom stereocenters. The lowest BCUT2D eigenvalue weighted by Gasteiger charge is -2.24. The van der Waals surface area contributed by atoms with Crippen molar-refractivity contribution in [3.8, 4) is 17.2 Å². The van der Waals surface area contributed by atoms with Crippen LogP contribution in [0.25, 0.3) is 16.5 Å². The predicted molar refractivity (Wildman–Crippen MR) is 201 cm³/mol. The number of benzene rings is 4. The summed E-state index contributed by atoms with van der Waals surface area (Å²) in [6.45, 7) is 9.03. The molecule has 0 spiro atoms. The van der Waals surface area contributed by atoms with Crippen LogP contribution in [-0.2, 0) is 21.8 Å². The number of carbonyl (C=O) groups excluding carboxylic acids is 2. The highest BCUT2D eigenvalue weighted by Gasteiger charge is 2.48. The van der Waals surface area contributed by atoms with Crippen LogP contribution in [0.1, 0.15) is 62.4 Å². The van der Waals surface area contributed by atoms with Gasteiger partial charge in [-0.25, -0.2) is 0 Å². The van der Waals surface area contributed by atoms with Gasteiger partial charge < -0.3 is 19.3 Å². The number of hydrogen-bond donors (Lipinski definition) is 1. The second-order valence-electron chi connectivity index (χ2n) is 13.1. The fourth-order valence-corrected chi connectivity index (χ4v) is 8.34. The summed E-state index contributed by atoms with van der Waals surface area (Å²) in [6.07, 6.45) is 1.55. The SMILES string of the molecule is CCOc1cc(C2/C(=C(\O)c3ccc4c(c3)CC(C)O4)C(=O)C(=O)N2c2nnc(SCc3cccc4ccccc34)s2)ccc1OCCC(C)C. The number of anilines is 1. The van der Waals surface area contributed by atoms with Gasteiger partial charge in [0, 0.05) is 17.7 Å². The summed E-state index contributed by atoms with van der Waals surface area (Å²) >= 11 is 2.75. The molecule has 3 heterocycles. The van der Waals surface area contributed by atoms with Crippen molar-refractivity contribution < 1.29 is 28.9 Å². The third-order valence-electron chi connectivity index (χ3n) is 8.98. The van der Waals surface area contributed by atoms with E-state index in [1.807, 2.05) is 38.1 Å². The Hall–Kier alpha value is -4.87. The number of thioether (sulfide) groups is 1. The molecule has 2 aliphatic heterocycles. The molecule has 0 aliphatic carbocycles. The molecule has 0 radical (unpaired) electrons. The van der Waals surface area contributed by atoms with E-state index in [1.165, 1.54) is 28.0 Å². The number of ketones is 1. The number of amides is 1. The van der Waals surface area contributed by atoms with Gasteiger partial charge >= 0.3 is 5.91 Å². The maximum atomic E-state index is 14.0. The molecule has 262 valence electrons. The van der Waals surface area contributed by atoms with Crippen LogP contribution >= 0.6 is 23.1 Å².